The average molecular weight is 304 g/mol. The molecule has 0 fully saturated rings. The molecule has 3 heteroatoms. The Kier molecular flexibility index (Phi) is 3.53. The molecule has 0 saturated heterocycles. The number of carbonyl (C=O) groups excluding carboxylic acids is 1. The molecule has 0 heterocycles. The van der Waals surface area contributed by atoms with Crippen molar-refractivity contribution in [1.82, 2.24) is 0 Å². The van der Waals surface area contributed by atoms with E-state index in [0.29, 0.717) is 16.8 Å². The SMILES string of the molecule is Cc1cc(C(=O)c2ccccc2N)c(C)cc1Br. The normalized spacial score (nSPS) is 10.4. The summed E-state index contributed by atoms with van der Waals surface area (Å²) in [5.41, 5.74) is 9.61. The molecule has 2 nitrogen and oxygen atoms in total. The number of nitrogen functional groups attached to an aromatic ring is 1. The highest BCUT2D eigenvalue weighted by Crippen LogP contribution is 2.24. The van der Waals surface area contributed by atoms with Gasteiger partial charge in [-0.2, -0.15) is 0 Å². The van der Waals surface area contributed by atoms with Crippen molar-refractivity contribution in [3.05, 3.63) is 63.1 Å². The Hall–Kier alpha value is -1.61. The van der Waals surface area contributed by atoms with Gasteiger partial charge in [0.25, 0.3) is 0 Å². The number of hydrogen-bond acceptors (Lipinski definition) is 2. The van der Waals surface area contributed by atoms with E-state index in [1.54, 1.807) is 12.1 Å². The fraction of sp³-hybridized carbons (Fsp3) is 0.133. The lowest BCUT2D eigenvalue weighted by atomic mass is 9.96. The molecular formula is C15H14BrNO. The van der Waals surface area contributed by atoms with E-state index in [1.165, 1.54) is 0 Å². The maximum atomic E-state index is 12.5. The quantitative estimate of drug-likeness (QED) is 0.676. The van der Waals surface area contributed by atoms with Crippen molar-refractivity contribution in [3.8, 4) is 0 Å². The minimum Gasteiger partial charge on any atom is -0.398 e. The number of aryl methyl sites for hydroxylation is 2. The zero-order valence-corrected chi connectivity index (χ0v) is 11.9. The van der Waals surface area contributed by atoms with Crippen molar-refractivity contribution < 1.29 is 4.79 Å². The van der Waals surface area contributed by atoms with Gasteiger partial charge in [0.15, 0.2) is 5.78 Å². The third kappa shape index (κ3) is 2.31. The number of para-hydroxylation sites is 1. The predicted octanol–water partition coefficient (Wildman–Crippen LogP) is 3.88. The third-order valence-corrected chi connectivity index (χ3v) is 3.81. The van der Waals surface area contributed by atoms with Gasteiger partial charge >= 0.3 is 0 Å². The van der Waals surface area contributed by atoms with Crippen molar-refractivity contribution >= 4 is 27.4 Å². The van der Waals surface area contributed by atoms with E-state index in [-0.39, 0.29) is 5.78 Å². The molecule has 0 bridgehead atoms. The Bertz CT molecular complexity index is 620. The molecule has 2 N–H and O–H groups in total. The number of anilines is 1. The van der Waals surface area contributed by atoms with Crippen LogP contribution in [-0.2, 0) is 0 Å². The van der Waals surface area contributed by atoms with E-state index in [1.807, 2.05) is 38.1 Å². The third-order valence-electron chi connectivity index (χ3n) is 2.96. The fourth-order valence-corrected chi connectivity index (χ4v) is 2.33. The molecule has 92 valence electrons. The van der Waals surface area contributed by atoms with Crippen molar-refractivity contribution in [1.29, 1.82) is 0 Å². The minimum atomic E-state index is -0.0267. The maximum absolute atomic E-state index is 12.5. The van der Waals surface area contributed by atoms with Crippen LogP contribution in [0.1, 0.15) is 27.0 Å². The van der Waals surface area contributed by atoms with Crippen LogP contribution in [0.5, 0.6) is 0 Å². The van der Waals surface area contributed by atoms with Gasteiger partial charge in [0, 0.05) is 21.3 Å². The molecule has 0 aliphatic carbocycles. The lowest BCUT2D eigenvalue weighted by molar-refractivity contribution is 0.103. The number of rotatable bonds is 2. The second-order valence-electron chi connectivity index (χ2n) is 4.33. The molecule has 0 aliphatic rings. The predicted molar refractivity (Wildman–Crippen MR) is 77.9 cm³/mol. The first kappa shape index (κ1) is 12.8. The largest absolute Gasteiger partial charge is 0.398 e. The second-order valence-corrected chi connectivity index (χ2v) is 5.19. The van der Waals surface area contributed by atoms with Crippen LogP contribution in [0.4, 0.5) is 5.69 Å². The summed E-state index contributed by atoms with van der Waals surface area (Å²) in [6, 6.07) is 11.0. The molecule has 0 radical (unpaired) electrons. The molecule has 0 saturated carbocycles. The molecule has 18 heavy (non-hydrogen) atoms. The van der Waals surface area contributed by atoms with Crippen molar-refractivity contribution in [3.63, 3.8) is 0 Å². The molecule has 2 aromatic carbocycles. The summed E-state index contributed by atoms with van der Waals surface area (Å²) in [6.07, 6.45) is 0. The van der Waals surface area contributed by atoms with Gasteiger partial charge in [-0.15, -0.1) is 0 Å². The van der Waals surface area contributed by atoms with E-state index in [4.69, 9.17) is 5.73 Å². The molecule has 0 amide bonds. The van der Waals surface area contributed by atoms with Crippen molar-refractivity contribution in [2.45, 2.75) is 13.8 Å². The Morgan fingerprint density at radius 3 is 2.39 bits per heavy atom. The Morgan fingerprint density at radius 1 is 1.06 bits per heavy atom. The smallest absolute Gasteiger partial charge is 0.195 e. The van der Waals surface area contributed by atoms with Crippen molar-refractivity contribution in [2.24, 2.45) is 0 Å². The lowest BCUT2D eigenvalue weighted by Gasteiger charge is -2.09. The van der Waals surface area contributed by atoms with E-state index in [2.05, 4.69) is 15.9 Å². The van der Waals surface area contributed by atoms with Gasteiger partial charge in [-0.1, -0.05) is 28.1 Å². The summed E-state index contributed by atoms with van der Waals surface area (Å²) in [4.78, 5) is 12.5. The van der Waals surface area contributed by atoms with Gasteiger partial charge in [-0.25, -0.2) is 0 Å². The Balaban J connectivity index is 2.53. The molecule has 0 unspecified atom stereocenters. The Labute approximate surface area is 115 Å². The van der Waals surface area contributed by atoms with Gasteiger partial charge in [0.05, 0.1) is 0 Å². The van der Waals surface area contributed by atoms with E-state index in [0.717, 1.165) is 15.6 Å². The first-order chi connectivity index (χ1) is 8.50. The summed E-state index contributed by atoms with van der Waals surface area (Å²) in [5.74, 6) is -0.0267. The van der Waals surface area contributed by atoms with Crippen LogP contribution >= 0.6 is 15.9 Å². The highest BCUT2D eigenvalue weighted by atomic mass is 79.9. The highest BCUT2D eigenvalue weighted by Gasteiger charge is 2.15. The molecule has 0 aliphatic heterocycles. The van der Waals surface area contributed by atoms with Gasteiger partial charge in [-0.3, -0.25) is 4.79 Å². The number of ketones is 1. The highest BCUT2D eigenvalue weighted by molar-refractivity contribution is 9.10. The fourth-order valence-electron chi connectivity index (χ4n) is 1.87. The van der Waals surface area contributed by atoms with Crippen LogP contribution in [0.2, 0.25) is 0 Å². The lowest BCUT2D eigenvalue weighted by Crippen LogP contribution is -2.07. The van der Waals surface area contributed by atoms with Gasteiger partial charge in [-0.05, 0) is 49.2 Å². The van der Waals surface area contributed by atoms with E-state index < -0.39 is 0 Å². The molecule has 2 aromatic rings. The summed E-state index contributed by atoms with van der Waals surface area (Å²) in [5, 5.41) is 0. The standard InChI is InChI=1S/C15H14BrNO/c1-9-8-13(16)10(2)7-12(9)15(18)11-5-3-4-6-14(11)17/h3-8H,17H2,1-2H3. The van der Waals surface area contributed by atoms with Gasteiger partial charge < -0.3 is 5.73 Å². The number of benzene rings is 2. The maximum Gasteiger partial charge on any atom is 0.195 e. The molecule has 0 aromatic heterocycles. The minimum absolute atomic E-state index is 0.0267. The van der Waals surface area contributed by atoms with Gasteiger partial charge in [0.1, 0.15) is 0 Å². The topological polar surface area (TPSA) is 43.1 Å². The number of nitrogens with two attached hydrogens (primary N) is 1. The van der Waals surface area contributed by atoms with E-state index in [9.17, 15) is 4.79 Å². The van der Waals surface area contributed by atoms with Gasteiger partial charge in [0.2, 0.25) is 0 Å². The van der Waals surface area contributed by atoms with Crippen LogP contribution in [0.15, 0.2) is 40.9 Å². The van der Waals surface area contributed by atoms with E-state index >= 15 is 0 Å². The second kappa shape index (κ2) is 4.94. The van der Waals surface area contributed by atoms with Crippen LogP contribution < -0.4 is 5.73 Å². The zero-order valence-electron chi connectivity index (χ0n) is 10.3. The number of carbonyl (C=O) groups is 1. The summed E-state index contributed by atoms with van der Waals surface area (Å²) >= 11 is 3.46. The zero-order chi connectivity index (χ0) is 13.3. The van der Waals surface area contributed by atoms with Crippen LogP contribution in [0.3, 0.4) is 0 Å². The summed E-state index contributed by atoms with van der Waals surface area (Å²) in [7, 11) is 0. The van der Waals surface area contributed by atoms with Crippen LogP contribution in [0.25, 0.3) is 0 Å². The Morgan fingerprint density at radius 2 is 1.72 bits per heavy atom. The number of hydrogen-bond donors (Lipinski definition) is 1. The van der Waals surface area contributed by atoms with Crippen LogP contribution in [-0.4, -0.2) is 5.78 Å². The molecule has 2 rings (SSSR count). The van der Waals surface area contributed by atoms with Crippen LogP contribution in [0, 0.1) is 13.8 Å². The first-order valence-electron chi connectivity index (χ1n) is 5.66. The molecular weight excluding hydrogens is 290 g/mol. The van der Waals surface area contributed by atoms with Crippen molar-refractivity contribution in [2.75, 3.05) is 5.73 Å². The average Bonchev–Trinajstić information content (AvgIpc) is 2.33. The number of halogens is 1. The molecule has 0 atom stereocenters. The summed E-state index contributed by atoms with van der Waals surface area (Å²) in [6.45, 7) is 3.89. The monoisotopic (exact) mass is 303 g/mol. The summed E-state index contributed by atoms with van der Waals surface area (Å²) < 4.78 is 1.01. The molecule has 0 spiro atoms. The first-order valence-corrected chi connectivity index (χ1v) is 6.46.